The zero-order chi connectivity index (χ0) is 31.3. The van der Waals surface area contributed by atoms with Gasteiger partial charge in [-0.25, -0.2) is 28.7 Å². The molecule has 2 aliphatic rings. The van der Waals surface area contributed by atoms with Crippen molar-refractivity contribution in [2.75, 3.05) is 32.5 Å². The van der Waals surface area contributed by atoms with Crippen molar-refractivity contribution in [3.63, 3.8) is 0 Å². The Labute approximate surface area is 245 Å². The Morgan fingerprint density at radius 3 is 2.37 bits per heavy atom. The number of thiol groups is 1. The van der Waals surface area contributed by atoms with Gasteiger partial charge in [-0.15, -0.1) is 5.10 Å². The number of benzene rings is 1. The maximum Gasteiger partial charge on any atom is 0.418 e. The number of halogens is 6. The molecule has 0 bridgehead atoms. The van der Waals surface area contributed by atoms with E-state index in [-0.39, 0.29) is 29.9 Å². The third kappa shape index (κ3) is 6.00. The minimum atomic E-state index is -4.81. The Bertz CT molecular complexity index is 1430. The topological polar surface area (TPSA) is 128 Å². The van der Waals surface area contributed by atoms with Gasteiger partial charge in [0.25, 0.3) is 0 Å². The van der Waals surface area contributed by atoms with Gasteiger partial charge in [-0.05, 0) is 44.2 Å². The number of aromatic nitrogens is 4. The molecule has 0 amide bonds. The number of nitrogens with zero attached hydrogens (tertiary/aromatic N) is 5. The molecule has 2 fully saturated rings. The second-order valence-corrected chi connectivity index (χ2v) is 13.6. The fourth-order valence-corrected chi connectivity index (χ4v) is 9.77. The maximum absolute atomic E-state index is 14.2. The zero-order valence-electron chi connectivity index (χ0n) is 22.8. The van der Waals surface area contributed by atoms with E-state index >= 15 is 0 Å². The molecule has 5 rings (SSSR count). The second kappa shape index (κ2) is 12.0. The van der Waals surface area contributed by atoms with E-state index in [0.717, 1.165) is 16.8 Å². The Morgan fingerprint density at radius 1 is 1.12 bits per heavy atom. The largest absolute Gasteiger partial charge is 0.418 e. The number of pyridine rings is 1. The molecule has 1 unspecified atom stereocenters. The maximum atomic E-state index is 14.2. The quantitative estimate of drug-likeness (QED) is 0.159. The van der Waals surface area contributed by atoms with E-state index in [1.54, 1.807) is 0 Å². The monoisotopic (exact) mass is 635 g/mol. The first-order chi connectivity index (χ1) is 20.2. The molecule has 4 heterocycles. The van der Waals surface area contributed by atoms with Crippen LogP contribution < -0.4 is 0 Å². The van der Waals surface area contributed by atoms with E-state index in [2.05, 4.69) is 15.3 Å². The Hall–Kier alpha value is -2.76. The summed E-state index contributed by atoms with van der Waals surface area (Å²) in [4.78, 5) is 6.00. The fourth-order valence-electron chi connectivity index (χ4n) is 6.09. The van der Waals surface area contributed by atoms with Crippen molar-refractivity contribution >= 4 is 10.9 Å². The van der Waals surface area contributed by atoms with E-state index in [0.29, 0.717) is 25.2 Å². The Balaban J connectivity index is 1.53. The van der Waals surface area contributed by atoms with Gasteiger partial charge in [-0.1, -0.05) is 5.21 Å². The van der Waals surface area contributed by atoms with E-state index < -0.39 is 86.7 Å². The summed E-state index contributed by atoms with van der Waals surface area (Å²) >= 11 is 0. The molecule has 0 saturated carbocycles. The molecule has 43 heavy (non-hydrogen) atoms. The first kappa shape index (κ1) is 31.7. The lowest BCUT2D eigenvalue weighted by Gasteiger charge is -2.53. The summed E-state index contributed by atoms with van der Waals surface area (Å²) in [5.74, 6) is -4.79. The van der Waals surface area contributed by atoms with Crippen molar-refractivity contribution in [3.05, 3.63) is 65.4 Å². The van der Waals surface area contributed by atoms with Gasteiger partial charge < -0.3 is 25.3 Å². The lowest BCUT2D eigenvalue weighted by atomic mass is 9.85. The third-order valence-corrected chi connectivity index (χ3v) is 11.8. The highest BCUT2D eigenvalue weighted by Crippen LogP contribution is 2.60. The second-order valence-electron chi connectivity index (χ2n) is 11.1. The average Bonchev–Trinajstić information content (AvgIpc) is 3.43. The number of rotatable bonds is 6. The summed E-state index contributed by atoms with van der Waals surface area (Å²) in [6.45, 7) is 0.0784. The molecule has 4 N–H and O–H groups in total. The molecule has 9 nitrogen and oxygen atoms in total. The summed E-state index contributed by atoms with van der Waals surface area (Å²) in [5, 5.41) is 50.6. The van der Waals surface area contributed by atoms with Gasteiger partial charge >= 0.3 is 6.18 Å². The van der Waals surface area contributed by atoms with Crippen LogP contribution in [0.15, 0.2) is 36.7 Å². The normalized spacial score (nSPS) is 28.1. The van der Waals surface area contributed by atoms with E-state index in [1.807, 2.05) is 11.9 Å². The van der Waals surface area contributed by atoms with Crippen LogP contribution in [0.3, 0.4) is 0 Å². The molecule has 2 aromatic heterocycles. The predicted octanol–water partition coefficient (Wildman–Crippen LogP) is 2.61. The molecule has 3 aromatic rings. The van der Waals surface area contributed by atoms with E-state index in [1.165, 1.54) is 12.4 Å². The molecular weight excluding hydrogens is 604 g/mol. The lowest BCUT2D eigenvalue weighted by molar-refractivity contribution is -0.139. The van der Waals surface area contributed by atoms with Crippen LogP contribution in [0.1, 0.15) is 35.4 Å². The SMILES string of the molecule is CN1CCC(O)([C@@H](c2ncccc2C(F)(F)F)[SH]2C[C@H](O)[C@H](n3cc(-c4cc(F)c(F)c(F)c4)nn3)[C@@H](O)[C@H]2CO)CC1. The van der Waals surface area contributed by atoms with Gasteiger partial charge in [0.2, 0.25) is 0 Å². The van der Waals surface area contributed by atoms with Crippen LogP contribution >= 0.6 is 10.9 Å². The Kier molecular flexibility index (Phi) is 8.81. The zero-order valence-corrected chi connectivity index (χ0v) is 23.7. The average molecular weight is 636 g/mol. The number of hydrogen-bond donors (Lipinski definition) is 5. The first-order valence-corrected chi connectivity index (χ1v) is 15.1. The van der Waals surface area contributed by atoms with Crippen LogP contribution in [0.4, 0.5) is 26.3 Å². The number of likely N-dealkylation sites (tertiary alicyclic amines) is 1. The minimum absolute atomic E-state index is 0.103. The van der Waals surface area contributed by atoms with Crippen LogP contribution in [0.2, 0.25) is 0 Å². The number of piperidine rings is 1. The molecular formula is C27H31F6N5O4S. The summed E-state index contributed by atoms with van der Waals surface area (Å²) in [5.41, 5.74) is -3.40. The van der Waals surface area contributed by atoms with Crippen molar-refractivity contribution in [3.8, 4) is 11.3 Å². The minimum Gasteiger partial charge on any atom is -0.395 e. The molecule has 6 atom stereocenters. The summed E-state index contributed by atoms with van der Waals surface area (Å²) in [7, 11) is -0.135. The van der Waals surface area contributed by atoms with Crippen molar-refractivity contribution in [1.82, 2.24) is 24.9 Å². The van der Waals surface area contributed by atoms with Crippen LogP contribution in [0, 0.1) is 17.5 Å². The number of alkyl halides is 3. The fraction of sp³-hybridized carbons (Fsp3) is 0.519. The molecule has 1 aromatic carbocycles. The summed E-state index contributed by atoms with van der Waals surface area (Å²) < 4.78 is 84.7. The molecule has 0 radical (unpaired) electrons. The highest BCUT2D eigenvalue weighted by Gasteiger charge is 2.53. The molecule has 2 aliphatic heterocycles. The van der Waals surface area contributed by atoms with Crippen molar-refractivity contribution < 1.29 is 46.8 Å². The lowest BCUT2D eigenvalue weighted by Crippen LogP contribution is -2.54. The van der Waals surface area contributed by atoms with E-state index in [4.69, 9.17) is 0 Å². The van der Waals surface area contributed by atoms with Gasteiger partial charge in [0, 0.05) is 35.9 Å². The van der Waals surface area contributed by atoms with E-state index in [9.17, 15) is 46.8 Å². The van der Waals surface area contributed by atoms with Gasteiger partial charge in [-0.3, -0.25) is 4.98 Å². The van der Waals surface area contributed by atoms with Crippen molar-refractivity contribution in [2.45, 2.75) is 53.4 Å². The first-order valence-electron chi connectivity index (χ1n) is 13.5. The molecule has 0 spiro atoms. The molecule has 2 saturated heterocycles. The number of hydrogen-bond acceptors (Lipinski definition) is 8. The number of aliphatic hydroxyl groups excluding tert-OH is 3. The third-order valence-electron chi connectivity index (χ3n) is 8.34. The van der Waals surface area contributed by atoms with Gasteiger partial charge in [0.05, 0.1) is 47.1 Å². The van der Waals surface area contributed by atoms with Crippen LogP contribution in [0.5, 0.6) is 0 Å². The predicted molar refractivity (Wildman–Crippen MR) is 145 cm³/mol. The standard InChI is InChI=1S/C27H31F6N5O4S/c1-37-7-4-26(42,5-8-37)25(22-15(27(31,32)33)3-2-6-34-22)43-13-19(40)23(24(41)20(43)12-39)38-11-18(35-36-38)14-9-16(28)21(30)17(29)10-14/h2-3,6,9-11,19-20,23-25,39-43H,4-5,7-8,12-13H2,1H3/t19-,20+,23-,24-,25+/m0/s1. The molecule has 16 heteroatoms. The number of aliphatic hydroxyl groups is 4. The van der Waals surface area contributed by atoms with Gasteiger partial charge in [0.1, 0.15) is 11.7 Å². The van der Waals surface area contributed by atoms with Crippen LogP contribution in [-0.4, -0.2) is 101 Å². The van der Waals surface area contributed by atoms with Gasteiger partial charge in [-0.2, -0.15) is 13.2 Å². The molecule has 0 aliphatic carbocycles. The van der Waals surface area contributed by atoms with Crippen molar-refractivity contribution in [1.29, 1.82) is 0 Å². The van der Waals surface area contributed by atoms with Crippen LogP contribution in [0.25, 0.3) is 11.3 Å². The van der Waals surface area contributed by atoms with Gasteiger partial charge in [0.15, 0.2) is 17.5 Å². The van der Waals surface area contributed by atoms with Crippen molar-refractivity contribution in [2.24, 2.45) is 0 Å². The highest BCUT2D eigenvalue weighted by atomic mass is 32.2. The molecule has 236 valence electrons. The summed E-state index contributed by atoms with van der Waals surface area (Å²) in [6.07, 6.45) is -5.25. The highest BCUT2D eigenvalue weighted by molar-refractivity contribution is 8.18. The smallest absolute Gasteiger partial charge is 0.395 e. The summed E-state index contributed by atoms with van der Waals surface area (Å²) in [6, 6.07) is 2.16. The van der Waals surface area contributed by atoms with Crippen LogP contribution in [-0.2, 0) is 6.18 Å². The Morgan fingerprint density at radius 2 is 1.77 bits per heavy atom.